The standard InChI is InChI=1S/C23H21N5O2/c24-22-20-21(16-6-7-18-19(12-16)30-9-3-8-29-18)27-28(23(20)26-13-25-22)17-10-14-4-1-2-5-15(14)11-17/h1-2,4-7,12-13,17H,3,8-11H2,(H2,24,25,26). The number of hydrogen-bond donors (Lipinski definition) is 1. The number of benzene rings is 2. The third-order valence-electron chi connectivity index (χ3n) is 5.91. The van der Waals surface area contributed by atoms with E-state index in [-0.39, 0.29) is 6.04 Å². The Hall–Kier alpha value is -3.61. The molecule has 0 spiro atoms. The fourth-order valence-corrected chi connectivity index (χ4v) is 4.47. The van der Waals surface area contributed by atoms with Crippen molar-refractivity contribution in [2.24, 2.45) is 0 Å². The van der Waals surface area contributed by atoms with Crippen LogP contribution in [0.5, 0.6) is 11.5 Å². The van der Waals surface area contributed by atoms with Crippen molar-refractivity contribution in [3.8, 4) is 22.8 Å². The molecule has 2 N–H and O–H groups in total. The highest BCUT2D eigenvalue weighted by atomic mass is 16.5. The Kier molecular flexibility index (Phi) is 3.87. The van der Waals surface area contributed by atoms with Crippen molar-refractivity contribution in [2.75, 3.05) is 18.9 Å². The third-order valence-corrected chi connectivity index (χ3v) is 5.91. The molecule has 2 aromatic carbocycles. The molecule has 6 rings (SSSR count). The second-order valence-electron chi connectivity index (χ2n) is 7.79. The zero-order valence-electron chi connectivity index (χ0n) is 16.4. The lowest BCUT2D eigenvalue weighted by Gasteiger charge is -2.10. The maximum absolute atomic E-state index is 6.29. The van der Waals surface area contributed by atoms with Crippen molar-refractivity contribution in [1.82, 2.24) is 19.7 Å². The predicted molar refractivity (Wildman–Crippen MR) is 114 cm³/mol. The zero-order chi connectivity index (χ0) is 20.1. The van der Waals surface area contributed by atoms with Crippen LogP contribution in [0.3, 0.4) is 0 Å². The van der Waals surface area contributed by atoms with Gasteiger partial charge in [-0.15, -0.1) is 0 Å². The minimum atomic E-state index is 0.202. The van der Waals surface area contributed by atoms with Crippen LogP contribution in [0.2, 0.25) is 0 Å². The molecule has 2 aromatic heterocycles. The SMILES string of the molecule is Nc1ncnc2c1c(-c1ccc3c(c1)OCCCO3)nn2C1Cc2ccccc2C1. The van der Waals surface area contributed by atoms with Gasteiger partial charge in [0, 0.05) is 12.0 Å². The molecular formula is C23H21N5O2. The van der Waals surface area contributed by atoms with Gasteiger partial charge in [-0.25, -0.2) is 14.6 Å². The van der Waals surface area contributed by atoms with Gasteiger partial charge in [0.2, 0.25) is 0 Å². The van der Waals surface area contributed by atoms with Gasteiger partial charge in [0.25, 0.3) is 0 Å². The number of nitrogens with zero attached hydrogens (tertiary/aromatic N) is 4. The molecule has 0 saturated carbocycles. The molecule has 0 atom stereocenters. The molecule has 0 saturated heterocycles. The van der Waals surface area contributed by atoms with Crippen LogP contribution in [-0.4, -0.2) is 33.0 Å². The normalized spacial score (nSPS) is 15.9. The average molecular weight is 399 g/mol. The summed E-state index contributed by atoms with van der Waals surface area (Å²) in [7, 11) is 0. The van der Waals surface area contributed by atoms with Crippen molar-refractivity contribution in [3.05, 3.63) is 59.9 Å². The van der Waals surface area contributed by atoms with E-state index in [2.05, 4.69) is 34.2 Å². The summed E-state index contributed by atoms with van der Waals surface area (Å²) in [5.74, 6) is 1.93. The second kappa shape index (κ2) is 6.73. The van der Waals surface area contributed by atoms with Gasteiger partial charge in [-0.05, 0) is 42.2 Å². The van der Waals surface area contributed by atoms with Gasteiger partial charge < -0.3 is 15.2 Å². The highest BCUT2D eigenvalue weighted by Gasteiger charge is 2.28. The van der Waals surface area contributed by atoms with Crippen LogP contribution in [0, 0.1) is 0 Å². The molecule has 2 aliphatic rings. The van der Waals surface area contributed by atoms with E-state index >= 15 is 0 Å². The Morgan fingerprint density at radius 2 is 1.70 bits per heavy atom. The predicted octanol–water partition coefficient (Wildman–Crippen LogP) is 3.58. The molecule has 7 nitrogen and oxygen atoms in total. The molecule has 0 radical (unpaired) electrons. The first-order chi connectivity index (χ1) is 14.8. The van der Waals surface area contributed by atoms with Crippen LogP contribution in [-0.2, 0) is 12.8 Å². The largest absolute Gasteiger partial charge is 0.490 e. The van der Waals surface area contributed by atoms with E-state index in [0.717, 1.165) is 53.1 Å². The molecular weight excluding hydrogens is 378 g/mol. The maximum atomic E-state index is 6.29. The Morgan fingerprint density at radius 3 is 2.50 bits per heavy atom. The van der Waals surface area contributed by atoms with Crippen molar-refractivity contribution >= 4 is 16.9 Å². The summed E-state index contributed by atoms with van der Waals surface area (Å²) in [6, 6.07) is 14.7. The maximum Gasteiger partial charge on any atom is 0.164 e. The number of hydrogen-bond acceptors (Lipinski definition) is 6. The molecule has 150 valence electrons. The van der Waals surface area contributed by atoms with Crippen molar-refractivity contribution in [1.29, 1.82) is 0 Å². The fraction of sp³-hybridized carbons (Fsp3) is 0.261. The van der Waals surface area contributed by atoms with E-state index < -0.39 is 0 Å². The van der Waals surface area contributed by atoms with Gasteiger partial charge in [-0.2, -0.15) is 5.10 Å². The van der Waals surface area contributed by atoms with Crippen LogP contribution in [0.15, 0.2) is 48.8 Å². The Morgan fingerprint density at radius 1 is 0.933 bits per heavy atom. The van der Waals surface area contributed by atoms with E-state index in [4.69, 9.17) is 20.3 Å². The highest BCUT2D eigenvalue weighted by molar-refractivity contribution is 5.98. The van der Waals surface area contributed by atoms with Gasteiger partial charge in [0.15, 0.2) is 17.1 Å². The van der Waals surface area contributed by atoms with E-state index in [0.29, 0.717) is 19.0 Å². The van der Waals surface area contributed by atoms with Crippen LogP contribution in [0.1, 0.15) is 23.6 Å². The molecule has 0 bridgehead atoms. The van der Waals surface area contributed by atoms with E-state index in [1.54, 1.807) is 0 Å². The third kappa shape index (κ3) is 2.69. The Bertz CT molecular complexity index is 1240. The number of ether oxygens (including phenoxy) is 2. The molecule has 4 aromatic rings. The quantitative estimate of drug-likeness (QED) is 0.554. The molecule has 7 heteroatoms. The van der Waals surface area contributed by atoms with Gasteiger partial charge in [-0.3, -0.25) is 0 Å². The van der Waals surface area contributed by atoms with Gasteiger partial charge >= 0.3 is 0 Å². The topological polar surface area (TPSA) is 88.1 Å². The molecule has 30 heavy (non-hydrogen) atoms. The zero-order valence-corrected chi connectivity index (χ0v) is 16.4. The Labute approximate surface area is 173 Å². The molecule has 0 fully saturated rings. The van der Waals surface area contributed by atoms with Crippen molar-refractivity contribution in [3.63, 3.8) is 0 Å². The first-order valence-electron chi connectivity index (χ1n) is 10.2. The van der Waals surface area contributed by atoms with E-state index in [1.165, 1.54) is 17.5 Å². The van der Waals surface area contributed by atoms with Crippen molar-refractivity contribution < 1.29 is 9.47 Å². The molecule has 1 aliphatic carbocycles. The van der Waals surface area contributed by atoms with Crippen LogP contribution in [0.25, 0.3) is 22.3 Å². The summed E-state index contributed by atoms with van der Waals surface area (Å²) in [5, 5.41) is 5.78. The summed E-state index contributed by atoms with van der Waals surface area (Å²) >= 11 is 0. The first kappa shape index (κ1) is 17.3. The number of fused-ring (bicyclic) bond motifs is 3. The van der Waals surface area contributed by atoms with Crippen LogP contribution >= 0.6 is 0 Å². The fourth-order valence-electron chi connectivity index (χ4n) is 4.47. The lowest BCUT2D eigenvalue weighted by atomic mass is 10.1. The summed E-state index contributed by atoms with van der Waals surface area (Å²) in [6.07, 6.45) is 4.23. The van der Waals surface area contributed by atoms with Crippen molar-refractivity contribution in [2.45, 2.75) is 25.3 Å². The number of anilines is 1. The average Bonchev–Trinajstić information content (AvgIpc) is 3.28. The smallest absolute Gasteiger partial charge is 0.164 e. The van der Waals surface area contributed by atoms with Gasteiger partial charge in [0.05, 0.1) is 24.6 Å². The lowest BCUT2D eigenvalue weighted by Crippen LogP contribution is -2.11. The summed E-state index contributed by atoms with van der Waals surface area (Å²) in [5.41, 5.74) is 11.5. The highest BCUT2D eigenvalue weighted by Crippen LogP contribution is 2.39. The lowest BCUT2D eigenvalue weighted by molar-refractivity contribution is 0.297. The molecule has 3 heterocycles. The summed E-state index contributed by atoms with van der Waals surface area (Å²) in [4.78, 5) is 8.78. The number of nitrogens with two attached hydrogens (primary N) is 1. The summed E-state index contributed by atoms with van der Waals surface area (Å²) < 4.78 is 13.7. The molecule has 0 unspecified atom stereocenters. The number of rotatable bonds is 2. The van der Waals surface area contributed by atoms with Crippen LogP contribution < -0.4 is 15.2 Å². The van der Waals surface area contributed by atoms with Crippen LogP contribution in [0.4, 0.5) is 5.82 Å². The second-order valence-corrected chi connectivity index (χ2v) is 7.79. The minimum Gasteiger partial charge on any atom is -0.490 e. The molecule has 0 amide bonds. The first-order valence-corrected chi connectivity index (χ1v) is 10.2. The molecule has 1 aliphatic heterocycles. The number of nitrogen functional groups attached to an aromatic ring is 1. The monoisotopic (exact) mass is 399 g/mol. The minimum absolute atomic E-state index is 0.202. The van der Waals surface area contributed by atoms with E-state index in [1.807, 2.05) is 22.9 Å². The van der Waals surface area contributed by atoms with E-state index in [9.17, 15) is 0 Å². The van der Waals surface area contributed by atoms with Gasteiger partial charge in [0.1, 0.15) is 17.8 Å². The number of aromatic nitrogens is 4. The summed E-state index contributed by atoms with van der Waals surface area (Å²) in [6.45, 7) is 1.30. The van der Waals surface area contributed by atoms with Gasteiger partial charge in [-0.1, -0.05) is 24.3 Å². The Balaban J connectivity index is 1.49.